The molecule has 0 heterocycles. The van der Waals surface area contributed by atoms with Crippen LogP contribution in [0.3, 0.4) is 0 Å². The number of hydrogen-bond donors (Lipinski definition) is 1. The number of rotatable bonds is 8. The van der Waals surface area contributed by atoms with E-state index in [9.17, 15) is 10.1 Å². The monoisotopic (exact) mass is 346 g/mol. The van der Waals surface area contributed by atoms with Gasteiger partial charge in [-0.1, -0.05) is 24.4 Å². The van der Waals surface area contributed by atoms with Crippen LogP contribution in [0.5, 0.6) is 11.5 Å². The molecule has 1 N–H and O–H groups in total. The second-order valence-corrected chi connectivity index (χ2v) is 5.09. The average Bonchev–Trinajstić information content (AvgIpc) is 2.57. The molecular formula is C18H19ClN2O3. The molecule has 126 valence electrons. The van der Waals surface area contributed by atoms with E-state index in [1.807, 2.05) is 19.9 Å². The van der Waals surface area contributed by atoms with Crippen molar-refractivity contribution < 1.29 is 14.3 Å². The highest BCUT2D eigenvalue weighted by atomic mass is 35.5. The number of nitrogens with one attached hydrogen (secondary N) is 1. The van der Waals surface area contributed by atoms with Crippen molar-refractivity contribution in [3.05, 3.63) is 28.3 Å². The summed E-state index contributed by atoms with van der Waals surface area (Å²) in [5, 5.41) is 12.1. The van der Waals surface area contributed by atoms with Crippen LogP contribution in [0, 0.1) is 23.7 Å². The first-order valence-electron chi connectivity index (χ1n) is 7.49. The van der Waals surface area contributed by atoms with Gasteiger partial charge in [-0.25, -0.2) is 0 Å². The summed E-state index contributed by atoms with van der Waals surface area (Å²) in [4.78, 5) is 11.9. The molecule has 0 atom stereocenters. The van der Waals surface area contributed by atoms with Gasteiger partial charge in [-0.15, -0.1) is 6.42 Å². The highest BCUT2D eigenvalue weighted by Crippen LogP contribution is 2.37. The topological polar surface area (TPSA) is 71.3 Å². The summed E-state index contributed by atoms with van der Waals surface area (Å²) in [6.45, 7) is 4.71. The number of benzene rings is 1. The zero-order valence-corrected chi connectivity index (χ0v) is 14.4. The number of amides is 1. The van der Waals surface area contributed by atoms with Crippen molar-refractivity contribution in [3.63, 3.8) is 0 Å². The molecule has 0 aliphatic carbocycles. The molecule has 0 fully saturated rings. The molecule has 0 bridgehead atoms. The standard InChI is InChI=1S/C18H19ClN2O3/c1-4-7-21-18(22)14(12-20)9-13-10-15(19)17(24-8-5-2)16(11-13)23-6-3/h2,9-11H,4,6-8H2,1,3H3,(H,21,22)/b14-9+. The molecule has 0 saturated carbocycles. The van der Waals surface area contributed by atoms with Crippen molar-refractivity contribution >= 4 is 23.6 Å². The van der Waals surface area contributed by atoms with Crippen LogP contribution in [0.25, 0.3) is 6.08 Å². The predicted molar refractivity (Wildman–Crippen MR) is 93.8 cm³/mol. The van der Waals surface area contributed by atoms with E-state index in [1.165, 1.54) is 6.08 Å². The van der Waals surface area contributed by atoms with Crippen LogP contribution >= 0.6 is 11.6 Å². The summed E-state index contributed by atoms with van der Waals surface area (Å²) in [7, 11) is 0. The van der Waals surface area contributed by atoms with E-state index in [2.05, 4.69) is 11.2 Å². The second-order valence-electron chi connectivity index (χ2n) is 4.68. The van der Waals surface area contributed by atoms with Crippen LogP contribution in [0.15, 0.2) is 17.7 Å². The Balaban J connectivity index is 3.19. The first-order valence-corrected chi connectivity index (χ1v) is 7.87. The van der Waals surface area contributed by atoms with Gasteiger partial charge in [-0.2, -0.15) is 5.26 Å². The molecule has 1 amide bonds. The van der Waals surface area contributed by atoms with Gasteiger partial charge in [0, 0.05) is 6.54 Å². The minimum atomic E-state index is -0.430. The van der Waals surface area contributed by atoms with E-state index < -0.39 is 5.91 Å². The van der Waals surface area contributed by atoms with Gasteiger partial charge >= 0.3 is 0 Å². The van der Waals surface area contributed by atoms with Gasteiger partial charge in [-0.05, 0) is 37.1 Å². The van der Waals surface area contributed by atoms with E-state index in [-0.39, 0.29) is 17.2 Å². The van der Waals surface area contributed by atoms with Crippen molar-refractivity contribution in [2.75, 3.05) is 19.8 Å². The lowest BCUT2D eigenvalue weighted by Crippen LogP contribution is -2.25. The zero-order chi connectivity index (χ0) is 17.9. The molecule has 0 spiro atoms. The minimum Gasteiger partial charge on any atom is -0.490 e. The van der Waals surface area contributed by atoms with E-state index in [0.29, 0.717) is 30.2 Å². The number of nitriles is 1. The van der Waals surface area contributed by atoms with Gasteiger partial charge in [0.15, 0.2) is 11.5 Å². The molecule has 1 aromatic rings. The number of carbonyl (C=O) groups is 1. The Labute approximate surface area is 147 Å². The quantitative estimate of drug-likeness (QED) is 0.446. The van der Waals surface area contributed by atoms with Gasteiger partial charge in [0.2, 0.25) is 0 Å². The molecule has 6 heteroatoms. The SMILES string of the molecule is C#CCOc1c(Cl)cc(/C=C(\C#N)C(=O)NCCC)cc1OCC. The molecule has 0 saturated heterocycles. The smallest absolute Gasteiger partial charge is 0.261 e. The van der Waals surface area contributed by atoms with E-state index in [0.717, 1.165) is 6.42 Å². The molecule has 0 aliphatic rings. The van der Waals surface area contributed by atoms with Crippen LogP contribution in [0.4, 0.5) is 0 Å². The predicted octanol–water partition coefficient (Wildman–Crippen LogP) is 3.18. The largest absolute Gasteiger partial charge is 0.490 e. The van der Waals surface area contributed by atoms with Gasteiger partial charge in [0.1, 0.15) is 18.2 Å². The first kappa shape index (κ1) is 19.4. The molecular weight excluding hydrogens is 328 g/mol. The molecule has 0 unspecified atom stereocenters. The fraction of sp³-hybridized carbons (Fsp3) is 0.333. The van der Waals surface area contributed by atoms with Gasteiger partial charge in [0.25, 0.3) is 5.91 Å². The average molecular weight is 347 g/mol. The third-order valence-corrected chi connectivity index (χ3v) is 3.12. The summed E-state index contributed by atoms with van der Waals surface area (Å²) in [6, 6.07) is 5.11. The fourth-order valence-electron chi connectivity index (χ4n) is 1.84. The minimum absolute atomic E-state index is 0.0146. The highest BCUT2D eigenvalue weighted by molar-refractivity contribution is 6.32. The summed E-state index contributed by atoms with van der Waals surface area (Å²) in [6.07, 6.45) is 7.42. The normalized spacial score (nSPS) is 10.5. The maximum absolute atomic E-state index is 11.9. The zero-order valence-electron chi connectivity index (χ0n) is 13.7. The number of halogens is 1. The summed E-state index contributed by atoms with van der Waals surface area (Å²) < 4.78 is 10.9. The van der Waals surface area contributed by atoms with Crippen molar-refractivity contribution in [1.82, 2.24) is 5.32 Å². The second kappa shape index (κ2) is 10.2. The molecule has 1 aromatic carbocycles. The number of nitrogens with zero attached hydrogens (tertiary/aromatic N) is 1. The summed E-state index contributed by atoms with van der Waals surface area (Å²) in [5.41, 5.74) is 0.541. The highest BCUT2D eigenvalue weighted by Gasteiger charge is 2.14. The van der Waals surface area contributed by atoms with Gasteiger partial charge in [0.05, 0.1) is 11.6 Å². The Morgan fingerprint density at radius 2 is 2.17 bits per heavy atom. The van der Waals surface area contributed by atoms with Crippen molar-refractivity contribution in [1.29, 1.82) is 5.26 Å². The maximum atomic E-state index is 11.9. The van der Waals surface area contributed by atoms with Crippen LogP contribution in [0.2, 0.25) is 5.02 Å². The van der Waals surface area contributed by atoms with Crippen LogP contribution < -0.4 is 14.8 Å². The summed E-state index contributed by atoms with van der Waals surface area (Å²) >= 11 is 6.21. The van der Waals surface area contributed by atoms with Crippen LogP contribution in [-0.2, 0) is 4.79 Å². The van der Waals surface area contributed by atoms with Gasteiger partial charge < -0.3 is 14.8 Å². The molecule has 5 nitrogen and oxygen atoms in total. The Hall–Kier alpha value is -2.63. The van der Waals surface area contributed by atoms with Crippen LogP contribution in [-0.4, -0.2) is 25.7 Å². The summed E-state index contributed by atoms with van der Waals surface area (Å²) in [5.74, 6) is 2.67. The molecule has 0 aliphatic heterocycles. The third-order valence-electron chi connectivity index (χ3n) is 2.84. The lowest BCUT2D eigenvalue weighted by molar-refractivity contribution is -0.117. The molecule has 24 heavy (non-hydrogen) atoms. The molecule has 1 rings (SSSR count). The van der Waals surface area contributed by atoms with Crippen molar-refractivity contribution in [2.24, 2.45) is 0 Å². The van der Waals surface area contributed by atoms with E-state index in [1.54, 1.807) is 12.1 Å². The lowest BCUT2D eigenvalue weighted by atomic mass is 10.1. The lowest BCUT2D eigenvalue weighted by Gasteiger charge is -2.13. The molecule has 0 radical (unpaired) electrons. The van der Waals surface area contributed by atoms with Gasteiger partial charge in [-0.3, -0.25) is 4.79 Å². The Morgan fingerprint density at radius 1 is 1.42 bits per heavy atom. The number of carbonyl (C=O) groups excluding carboxylic acids is 1. The number of ether oxygens (including phenoxy) is 2. The maximum Gasteiger partial charge on any atom is 0.261 e. The number of hydrogen-bond acceptors (Lipinski definition) is 4. The fourth-order valence-corrected chi connectivity index (χ4v) is 2.11. The third kappa shape index (κ3) is 5.53. The Kier molecular flexibility index (Phi) is 8.25. The Morgan fingerprint density at radius 3 is 2.75 bits per heavy atom. The van der Waals surface area contributed by atoms with Crippen LogP contribution in [0.1, 0.15) is 25.8 Å². The molecule has 0 aromatic heterocycles. The first-order chi connectivity index (χ1) is 11.6. The Bertz CT molecular complexity index is 699. The van der Waals surface area contributed by atoms with Crippen molar-refractivity contribution in [2.45, 2.75) is 20.3 Å². The van der Waals surface area contributed by atoms with E-state index >= 15 is 0 Å². The van der Waals surface area contributed by atoms with Crippen molar-refractivity contribution in [3.8, 4) is 29.9 Å². The van der Waals surface area contributed by atoms with E-state index in [4.69, 9.17) is 27.5 Å². The number of terminal acetylenes is 1.